The number of carbonyl (C=O) groups excluding carboxylic acids is 1. The fraction of sp³-hybridized carbons (Fsp3) is 0.900. The van der Waals surface area contributed by atoms with Crippen molar-refractivity contribution in [2.45, 2.75) is 12.5 Å². The quantitative estimate of drug-likeness (QED) is 0.589. The van der Waals surface area contributed by atoms with Crippen LogP contribution >= 0.6 is 0 Å². The van der Waals surface area contributed by atoms with E-state index < -0.39 is 16.2 Å². The number of carbonyl (C=O) groups is 1. The van der Waals surface area contributed by atoms with Gasteiger partial charge < -0.3 is 14.2 Å². The van der Waals surface area contributed by atoms with E-state index in [9.17, 15) is 13.2 Å². The summed E-state index contributed by atoms with van der Waals surface area (Å²) in [4.78, 5) is 10.9. The van der Waals surface area contributed by atoms with Gasteiger partial charge >= 0.3 is 5.97 Å². The summed E-state index contributed by atoms with van der Waals surface area (Å²) >= 11 is 0. The number of esters is 1. The Labute approximate surface area is 113 Å². The zero-order chi connectivity index (χ0) is 14.3. The molecule has 0 spiro atoms. The summed E-state index contributed by atoms with van der Waals surface area (Å²) in [6.07, 6.45) is -0.269. The lowest BCUT2D eigenvalue weighted by atomic mass is 10.3. The van der Waals surface area contributed by atoms with Crippen molar-refractivity contribution >= 4 is 16.2 Å². The second-order valence-corrected chi connectivity index (χ2v) is 5.93. The van der Waals surface area contributed by atoms with E-state index in [-0.39, 0.29) is 25.6 Å². The molecule has 0 aliphatic carbocycles. The molecule has 1 heterocycles. The molecule has 1 aliphatic heterocycles. The topological polar surface area (TPSA) is 94.2 Å². The number of nitrogens with zero attached hydrogens (tertiary/aromatic N) is 1. The molecule has 19 heavy (non-hydrogen) atoms. The summed E-state index contributed by atoms with van der Waals surface area (Å²) < 4.78 is 42.1. The van der Waals surface area contributed by atoms with Gasteiger partial charge in [0.25, 0.3) is 10.2 Å². The molecule has 1 saturated heterocycles. The minimum absolute atomic E-state index is 0.0109. The average molecular weight is 296 g/mol. The molecule has 0 aromatic carbocycles. The predicted octanol–water partition coefficient (Wildman–Crippen LogP) is -1.27. The zero-order valence-electron chi connectivity index (χ0n) is 11.1. The summed E-state index contributed by atoms with van der Waals surface area (Å²) in [7, 11) is -0.972. The van der Waals surface area contributed by atoms with Crippen molar-refractivity contribution in [1.29, 1.82) is 0 Å². The molecule has 0 bridgehead atoms. The van der Waals surface area contributed by atoms with Crippen molar-refractivity contribution in [3.63, 3.8) is 0 Å². The summed E-state index contributed by atoms with van der Waals surface area (Å²) in [5.41, 5.74) is 0. The SMILES string of the molecule is COC(=O)CCN(C)S(=O)(=O)NCC1COCCO1. The molecule has 0 amide bonds. The van der Waals surface area contributed by atoms with E-state index in [0.29, 0.717) is 19.8 Å². The highest BCUT2D eigenvalue weighted by Crippen LogP contribution is 2.02. The van der Waals surface area contributed by atoms with Gasteiger partial charge in [-0.15, -0.1) is 0 Å². The summed E-state index contributed by atoms with van der Waals surface area (Å²) in [5.74, 6) is -0.453. The first-order valence-electron chi connectivity index (χ1n) is 5.93. The maximum absolute atomic E-state index is 11.8. The standard InChI is InChI=1S/C10H20N2O6S/c1-12(4-3-10(13)16-2)19(14,15)11-7-9-8-17-5-6-18-9/h9,11H,3-8H2,1-2H3. The second kappa shape index (κ2) is 7.75. The first kappa shape index (κ1) is 16.3. The largest absolute Gasteiger partial charge is 0.469 e. The Bertz CT molecular complexity index is 379. The Hall–Kier alpha value is -0.740. The fourth-order valence-electron chi connectivity index (χ4n) is 1.43. The van der Waals surface area contributed by atoms with Crippen LogP contribution in [0.3, 0.4) is 0 Å². The maximum Gasteiger partial charge on any atom is 0.306 e. The molecule has 0 aromatic rings. The van der Waals surface area contributed by atoms with E-state index >= 15 is 0 Å². The molecule has 9 heteroatoms. The lowest BCUT2D eigenvalue weighted by Gasteiger charge is -2.24. The highest BCUT2D eigenvalue weighted by molar-refractivity contribution is 7.87. The average Bonchev–Trinajstić information content (AvgIpc) is 2.43. The fourth-order valence-corrected chi connectivity index (χ4v) is 2.38. The monoisotopic (exact) mass is 296 g/mol. The summed E-state index contributed by atoms with van der Waals surface area (Å²) in [6, 6.07) is 0. The molecule has 1 aliphatic rings. The second-order valence-electron chi connectivity index (χ2n) is 4.07. The molecular weight excluding hydrogens is 276 g/mol. The number of rotatable bonds is 7. The van der Waals surface area contributed by atoms with Crippen LogP contribution in [0.15, 0.2) is 0 Å². The van der Waals surface area contributed by atoms with E-state index in [1.54, 1.807) is 0 Å². The van der Waals surface area contributed by atoms with Crippen LogP contribution < -0.4 is 4.72 Å². The van der Waals surface area contributed by atoms with Gasteiger partial charge in [0.05, 0.1) is 39.5 Å². The van der Waals surface area contributed by atoms with Crippen molar-refractivity contribution in [3.05, 3.63) is 0 Å². The minimum Gasteiger partial charge on any atom is -0.469 e. The molecule has 8 nitrogen and oxygen atoms in total. The van der Waals surface area contributed by atoms with Gasteiger partial charge in [0.1, 0.15) is 0 Å². The number of hydrogen-bond donors (Lipinski definition) is 1. The van der Waals surface area contributed by atoms with Gasteiger partial charge in [-0.05, 0) is 0 Å². The molecular formula is C10H20N2O6S. The van der Waals surface area contributed by atoms with Crippen LogP contribution in [0.1, 0.15) is 6.42 Å². The van der Waals surface area contributed by atoms with Crippen LogP contribution in [-0.4, -0.2) is 71.9 Å². The Kier molecular flexibility index (Phi) is 6.66. The van der Waals surface area contributed by atoms with Crippen molar-refractivity contribution in [2.75, 3.05) is 47.1 Å². The van der Waals surface area contributed by atoms with Gasteiger partial charge in [0, 0.05) is 20.1 Å². The van der Waals surface area contributed by atoms with Gasteiger partial charge in [0.2, 0.25) is 0 Å². The highest BCUT2D eigenvalue weighted by Gasteiger charge is 2.21. The van der Waals surface area contributed by atoms with Crippen LogP contribution in [-0.2, 0) is 29.2 Å². The van der Waals surface area contributed by atoms with E-state index in [1.807, 2.05) is 0 Å². The molecule has 1 fully saturated rings. The Morgan fingerprint density at radius 3 is 2.79 bits per heavy atom. The molecule has 112 valence electrons. The Morgan fingerprint density at radius 2 is 2.21 bits per heavy atom. The minimum atomic E-state index is -3.62. The van der Waals surface area contributed by atoms with E-state index in [0.717, 1.165) is 4.31 Å². The summed E-state index contributed by atoms with van der Waals surface area (Å²) in [6.45, 7) is 1.57. The van der Waals surface area contributed by atoms with Crippen LogP contribution in [0.25, 0.3) is 0 Å². The van der Waals surface area contributed by atoms with Gasteiger partial charge in [-0.1, -0.05) is 0 Å². The third kappa shape index (κ3) is 5.83. The highest BCUT2D eigenvalue weighted by atomic mass is 32.2. The normalized spacial score (nSPS) is 20.5. The molecule has 0 saturated carbocycles. The lowest BCUT2D eigenvalue weighted by Crippen LogP contribution is -2.45. The maximum atomic E-state index is 11.8. The van der Waals surface area contributed by atoms with Gasteiger partial charge in [-0.3, -0.25) is 4.79 Å². The third-order valence-electron chi connectivity index (χ3n) is 2.65. The lowest BCUT2D eigenvalue weighted by molar-refractivity contribution is -0.140. The first-order chi connectivity index (χ1) is 8.95. The van der Waals surface area contributed by atoms with Gasteiger partial charge in [-0.2, -0.15) is 17.4 Å². The van der Waals surface area contributed by atoms with Gasteiger partial charge in [-0.25, -0.2) is 0 Å². The van der Waals surface area contributed by atoms with Crippen LogP contribution in [0.4, 0.5) is 0 Å². The number of hydrogen-bond acceptors (Lipinski definition) is 6. The first-order valence-corrected chi connectivity index (χ1v) is 7.37. The van der Waals surface area contributed by atoms with Crippen LogP contribution in [0.2, 0.25) is 0 Å². The van der Waals surface area contributed by atoms with Crippen molar-refractivity contribution in [3.8, 4) is 0 Å². The number of methoxy groups -OCH3 is 1. The number of nitrogens with one attached hydrogen (secondary N) is 1. The molecule has 0 aromatic heterocycles. The van der Waals surface area contributed by atoms with E-state index in [4.69, 9.17) is 9.47 Å². The van der Waals surface area contributed by atoms with Gasteiger partial charge in [0.15, 0.2) is 0 Å². The molecule has 1 N–H and O–H groups in total. The molecule has 1 rings (SSSR count). The smallest absolute Gasteiger partial charge is 0.306 e. The zero-order valence-corrected chi connectivity index (χ0v) is 11.9. The van der Waals surface area contributed by atoms with Crippen molar-refractivity contribution in [2.24, 2.45) is 0 Å². The predicted molar refractivity (Wildman–Crippen MR) is 66.7 cm³/mol. The molecule has 1 atom stereocenters. The van der Waals surface area contributed by atoms with Crippen LogP contribution in [0.5, 0.6) is 0 Å². The molecule has 1 unspecified atom stereocenters. The third-order valence-corrected chi connectivity index (χ3v) is 4.18. The van der Waals surface area contributed by atoms with E-state index in [1.165, 1.54) is 14.2 Å². The van der Waals surface area contributed by atoms with E-state index in [2.05, 4.69) is 9.46 Å². The summed E-state index contributed by atoms with van der Waals surface area (Å²) in [5, 5.41) is 0. The van der Waals surface area contributed by atoms with Crippen LogP contribution in [0, 0.1) is 0 Å². The Morgan fingerprint density at radius 1 is 1.47 bits per heavy atom. The number of ether oxygens (including phenoxy) is 3. The Balaban J connectivity index is 2.34. The van der Waals surface area contributed by atoms with Crippen molar-refractivity contribution < 1.29 is 27.4 Å². The molecule has 0 radical (unpaired) electrons. The van der Waals surface area contributed by atoms with Crippen molar-refractivity contribution in [1.82, 2.24) is 9.03 Å².